The van der Waals surface area contributed by atoms with Gasteiger partial charge in [0.2, 0.25) is 17.2 Å². The highest BCUT2D eigenvalue weighted by Crippen LogP contribution is 2.19. The van der Waals surface area contributed by atoms with Crippen LogP contribution in [0.3, 0.4) is 0 Å². The molecule has 1 aliphatic heterocycles. The molecule has 6 nitrogen and oxygen atoms in total. The van der Waals surface area contributed by atoms with Crippen LogP contribution in [0.2, 0.25) is 5.28 Å². The van der Waals surface area contributed by atoms with Gasteiger partial charge in [0.05, 0.1) is 12.7 Å². The van der Waals surface area contributed by atoms with Gasteiger partial charge in [-0.2, -0.15) is 15.0 Å². The fourth-order valence-corrected chi connectivity index (χ4v) is 2.24. The van der Waals surface area contributed by atoms with Crippen molar-refractivity contribution in [1.29, 1.82) is 0 Å². The molecule has 0 spiro atoms. The second kappa shape index (κ2) is 7.04. The zero-order valence-corrected chi connectivity index (χ0v) is 13.1. The molecule has 0 atom stereocenters. The summed E-state index contributed by atoms with van der Waals surface area (Å²) in [6.45, 7) is 7.37. The van der Waals surface area contributed by atoms with E-state index in [1.165, 1.54) is 12.8 Å². The van der Waals surface area contributed by atoms with Crippen LogP contribution >= 0.6 is 11.6 Å². The average Bonchev–Trinajstić information content (AvgIpc) is 2.91. The highest BCUT2D eigenvalue weighted by atomic mass is 35.5. The van der Waals surface area contributed by atoms with Gasteiger partial charge in [0, 0.05) is 26.7 Å². The Kier molecular flexibility index (Phi) is 5.37. The van der Waals surface area contributed by atoms with Gasteiger partial charge in [-0.3, -0.25) is 0 Å². The molecule has 0 aliphatic carbocycles. The lowest BCUT2D eigenvalue weighted by Gasteiger charge is -2.20. The fraction of sp³-hybridized carbons (Fsp3) is 0.769. The maximum Gasteiger partial charge on any atom is 0.231 e. The van der Waals surface area contributed by atoms with Crippen molar-refractivity contribution in [2.45, 2.75) is 32.8 Å². The molecule has 0 N–H and O–H groups in total. The lowest BCUT2D eigenvalue weighted by molar-refractivity contribution is 0.0844. The summed E-state index contributed by atoms with van der Waals surface area (Å²) in [6.07, 6.45) is 2.58. The Bertz CT molecular complexity index is 437. The molecule has 0 saturated carbocycles. The molecule has 1 aromatic rings. The molecule has 2 heterocycles. The number of halogens is 1. The summed E-state index contributed by atoms with van der Waals surface area (Å²) in [5, 5.41) is 0.244. The van der Waals surface area contributed by atoms with Crippen molar-refractivity contribution < 1.29 is 4.74 Å². The van der Waals surface area contributed by atoms with Crippen LogP contribution < -0.4 is 9.80 Å². The minimum atomic E-state index is 0.227. The van der Waals surface area contributed by atoms with Crippen LogP contribution in [0.1, 0.15) is 26.7 Å². The molecule has 1 aliphatic rings. The monoisotopic (exact) mass is 299 g/mol. The minimum absolute atomic E-state index is 0.227. The Hall–Kier alpha value is -1.14. The number of nitrogens with zero attached hydrogens (tertiary/aromatic N) is 5. The van der Waals surface area contributed by atoms with Gasteiger partial charge in [0.15, 0.2) is 0 Å². The normalized spacial score (nSPS) is 15.2. The van der Waals surface area contributed by atoms with E-state index in [1.54, 1.807) is 0 Å². The van der Waals surface area contributed by atoms with E-state index in [4.69, 9.17) is 16.3 Å². The molecule has 0 radical (unpaired) electrons. The van der Waals surface area contributed by atoms with Gasteiger partial charge in [-0.15, -0.1) is 0 Å². The van der Waals surface area contributed by atoms with Crippen molar-refractivity contribution in [2.75, 3.05) is 43.1 Å². The van der Waals surface area contributed by atoms with Gasteiger partial charge in [-0.1, -0.05) is 0 Å². The van der Waals surface area contributed by atoms with Crippen LogP contribution in [0, 0.1) is 0 Å². The smallest absolute Gasteiger partial charge is 0.231 e. The number of likely N-dealkylation sites (N-methyl/N-ethyl adjacent to an activating group) is 1. The van der Waals surface area contributed by atoms with Gasteiger partial charge in [-0.25, -0.2) is 0 Å². The van der Waals surface area contributed by atoms with Crippen LogP contribution in [0.15, 0.2) is 0 Å². The Morgan fingerprint density at radius 2 is 1.95 bits per heavy atom. The van der Waals surface area contributed by atoms with E-state index in [-0.39, 0.29) is 11.4 Å². The molecule has 0 amide bonds. The van der Waals surface area contributed by atoms with Gasteiger partial charge >= 0.3 is 0 Å². The summed E-state index contributed by atoms with van der Waals surface area (Å²) in [5.41, 5.74) is 0. The minimum Gasteiger partial charge on any atom is -0.377 e. The zero-order chi connectivity index (χ0) is 14.5. The quantitative estimate of drug-likeness (QED) is 0.801. The van der Waals surface area contributed by atoms with E-state index in [9.17, 15) is 0 Å². The summed E-state index contributed by atoms with van der Waals surface area (Å²) in [7, 11) is 1.93. The van der Waals surface area contributed by atoms with E-state index in [0.717, 1.165) is 19.6 Å². The van der Waals surface area contributed by atoms with E-state index < -0.39 is 0 Å². The first-order valence-corrected chi connectivity index (χ1v) is 7.43. The molecule has 1 fully saturated rings. The molecule has 0 aromatic carbocycles. The summed E-state index contributed by atoms with van der Waals surface area (Å²) in [5.74, 6) is 1.27. The van der Waals surface area contributed by atoms with Gasteiger partial charge < -0.3 is 14.5 Å². The Balaban J connectivity index is 2.02. The lowest BCUT2D eigenvalue weighted by atomic mass is 10.4. The summed E-state index contributed by atoms with van der Waals surface area (Å²) >= 11 is 6.01. The number of ether oxygens (including phenoxy) is 1. The Morgan fingerprint density at radius 3 is 2.60 bits per heavy atom. The maximum absolute atomic E-state index is 6.01. The van der Waals surface area contributed by atoms with Crippen molar-refractivity contribution in [3.8, 4) is 0 Å². The number of anilines is 2. The molecule has 0 unspecified atom stereocenters. The second-order valence-corrected chi connectivity index (χ2v) is 5.58. The highest BCUT2D eigenvalue weighted by Gasteiger charge is 2.18. The molecule has 20 heavy (non-hydrogen) atoms. The van der Waals surface area contributed by atoms with Crippen molar-refractivity contribution in [3.05, 3.63) is 5.28 Å². The predicted molar refractivity (Wildman–Crippen MR) is 80.6 cm³/mol. The summed E-state index contributed by atoms with van der Waals surface area (Å²) in [6, 6.07) is 0. The first-order chi connectivity index (χ1) is 9.56. The Morgan fingerprint density at radius 1 is 1.25 bits per heavy atom. The molecule has 112 valence electrons. The topological polar surface area (TPSA) is 54.4 Å². The van der Waals surface area contributed by atoms with Crippen molar-refractivity contribution in [3.63, 3.8) is 0 Å². The second-order valence-electron chi connectivity index (χ2n) is 5.24. The van der Waals surface area contributed by atoms with Crippen LogP contribution in [-0.4, -0.2) is 54.3 Å². The summed E-state index contributed by atoms with van der Waals surface area (Å²) < 4.78 is 5.54. The molecule has 7 heteroatoms. The van der Waals surface area contributed by atoms with Crippen LogP contribution in [0.5, 0.6) is 0 Å². The predicted octanol–water partition coefficient (Wildman–Crippen LogP) is 1.99. The van der Waals surface area contributed by atoms with Crippen molar-refractivity contribution in [1.82, 2.24) is 15.0 Å². The van der Waals surface area contributed by atoms with Crippen LogP contribution in [0.4, 0.5) is 11.9 Å². The molecule has 1 saturated heterocycles. The molecular formula is C13H22ClN5O. The van der Waals surface area contributed by atoms with E-state index >= 15 is 0 Å². The first-order valence-electron chi connectivity index (χ1n) is 7.05. The third-order valence-electron chi connectivity index (χ3n) is 3.19. The molecule has 1 aromatic heterocycles. The third kappa shape index (κ3) is 4.18. The summed E-state index contributed by atoms with van der Waals surface area (Å²) in [4.78, 5) is 17.0. The van der Waals surface area contributed by atoms with E-state index in [2.05, 4.69) is 19.9 Å². The van der Waals surface area contributed by atoms with Gasteiger partial charge in [0.25, 0.3) is 0 Å². The zero-order valence-electron chi connectivity index (χ0n) is 12.3. The number of hydrogen-bond acceptors (Lipinski definition) is 6. The fourth-order valence-electron chi connectivity index (χ4n) is 2.08. The highest BCUT2D eigenvalue weighted by molar-refractivity contribution is 6.28. The van der Waals surface area contributed by atoms with Crippen LogP contribution in [-0.2, 0) is 4.74 Å². The lowest BCUT2D eigenvalue weighted by Crippen LogP contribution is -2.28. The van der Waals surface area contributed by atoms with Gasteiger partial charge in [-0.05, 0) is 38.3 Å². The number of aromatic nitrogens is 3. The van der Waals surface area contributed by atoms with Crippen molar-refractivity contribution in [2.24, 2.45) is 0 Å². The standard InChI is InChI=1S/C13H22ClN5O/c1-10(2)20-9-8-18(3)12-15-11(14)16-13(17-12)19-6-4-5-7-19/h10H,4-9H2,1-3H3. The Labute approximate surface area is 125 Å². The molecular weight excluding hydrogens is 278 g/mol. The molecule has 2 rings (SSSR count). The van der Waals surface area contributed by atoms with Crippen molar-refractivity contribution >= 4 is 23.5 Å². The molecule has 0 bridgehead atoms. The first kappa shape index (κ1) is 15.3. The van der Waals surface area contributed by atoms with E-state index in [0.29, 0.717) is 18.5 Å². The van der Waals surface area contributed by atoms with Crippen LogP contribution in [0.25, 0.3) is 0 Å². The number of rotatable bonds is 6. The third-order valence-corrected chi connectivity index (χ3v) is 3.36. The SMILES string of the molecule is CC(C)OCCN(C)c1nc(Cl)nc(N2CCCC2)n1. The van der Waals surface area contributed by atoms with Gasteiger partial charge in [0.1, 0.15) is 0 Å². The maximum atomic E-state index is 6.01. The average molecular weight is 300 g/mol. The van der Waals surface area contributed by atoms with E-state index in [1.807, 2.05) is 25.8 Å². The largest absolute Gasteiger partial charge is 0.377 e. The number of hydrogen-bond donors (Lipinski definition) is 0.